The minimum atomic E-state index is -0.411. The smallest absolute Gasteiger partial charge is 0.223 e. The van der Waals surface area contributed by atoms with Gasteiger partial charge in [-0.25, -0.2) is 0 Å². The van der Waals surface area contributed by atoms with Gasteiger partial charge in [0.25, 0.3) is 0 Å². The fourth-order valence-corrected chi connectivity index (χ4v) is 2.26. The fraction of sp³-hybridized carbons (Fsp3) is 0.917. The molecule has 0 bridgehead atoms. The molecule has 0 saturated heterocycles. The number of rotatable bonds is 5. The molecule has 0 radical (unpaired) electrons. The molecule has 4 N–H and O–H groups in total. The molecular weight excluding hydrogens is 240 g/mol. The second-order valence-corrected chi connectivity index (χ2v) is 4.81. The second-order valence-electron chi connectivity index (χ2n) is 4.81. The Morgan fingerprint density at radius 1 is 1.53 bits per heavy atom. The first-order valence-corrected chi connectivity index (χ1v) is 6.34. The van der Waals surface area contributed by atoms with E-state index in [1.807, 2.05) is 6.92 Å². The number of aliphatic hydroxyl groups excluding tert-OH is 1. The third-order valence-corrected chi connectivity index (χ3v) is 3.22. The predicted molar refractivity (Wildman–Crippen MR) is 71.1 cm³/mol. The first-order valence-electron chi connectivity index (χ1n) is 6.34. The maximum atomic E-state index is 11.8. The number of carbonyl (C=O) groups is 1. The summed E-state index contributed by atoms with van der Waals surface area (Å²) in [5.41, 5.74) is 5.84. The highest BCUT2D eigenvalue weighted by atomic mass is 35.5. The number of hydrogen-bond donors (Lipinski definition) is 3. The molecule has 1 aliphatic rings. The first kappa shape index (κ1) is 16.7. The lowest BCUT2D eigenvalue weighted by Gasteiger charge is -2.26. The minimum absolute atomic E-state index is 0. The molecule has 1 aliphatic carbocycles. The van der Waals surface area contributed by atoms with Gasteiger partial charge in [-0.3, -0.25) is 4.79 Å². The van der Waals surface area contributed by atoms with E-state index in [2.05, 4.69) is 5.32 Å². The fourth-order valence-electron chi connectivity index (χ4n) is 2.26. The van der Waals surface area contributed by atoms with E-state index in [4.69, 9.17) is 5.73 Å². The van der Waals surface area contributed by atoms with Crippen molar-refractivity contribution in [3.63, 3.8) is 0 Å². The van der Waals surface area contributed by atoms with E-state index in [-0.39, 0.29) is 30.3 Å². The molecule has 0 aliphatic heterocycles. The molecule has 3 atom stereocenters. The molecule has 17 heavy (non-hydrogen) atoms. The Morgan fingerprint density at radius 2 is 2.24 bits per heavy atom. The third-order valence-electron chi connectivity index (χ3n) is 3.22. The molecule has 102 valence electrons. The number of aliphatic hydroxyl groups is 1. The summed E-state index contributed by atoms with van der Waals surface area (Å²) in [6.07, 6.45) is 5.06. The van der Waals surface area contributed by atoms with Crippen LogP contribution in [0.3, 0.4) is 0 Å². The van der Waals surface area contributed by atoms with Gasteiger partial charge in [-0.1, -0.05) is 19.8 Å². The van der Waals surface area contributed by atoms with Crippen LogP contribution in [0.15, 0.2) is 0 Å². The Labute approximate surface area is 110 Å². The van der Waals surface area contributed by atoms with Crippen LogP contribution in [0.2, 0.25) is 0 Å². The van der Waals surface area contributed by atoms with Crippen molar-refractivity contribution in [1.82, 2.24) is 5.32 Å². The first-order chi connectivity index (χ1) is 7.63. The van der Waals surface area contributed by atoms with Crippen molar-refractivity contribution >= 4 is 18.3 Å². The molecule has 1 fully saturated rings. The highest BCUT2D eigenvalue weighted by Crippen LogP contribution is 2.23. The maximum absolute atomic E-state index is 11.8. The highest BCUT2D eigenvalue weighted by molar-refractivity contribution is 5.85. The average molecular weight is 265 g/mol. The molecule has 0 aromatic heterocycles. The quantitative estimate of drug-likeness (QED) is 0.699. The van der Waals surface area contributed by atoms with Gasteiger partial charge in [-0.2, -0.15) is 0 Å². The van der Waals surface area contributed by atoms with Crippen molar-refractivity contribution in [1.29, 1.82) is 0 Å². The zero-order valence-corrected chi connectivity index (χ0v) is 11.3. The van der Waals surface area contributed by atoms with E-state index in [9.17, 15) is 9.90 Å². The molecular formula is C12H25ClN2O2. The number of nitrogens with two attached hydrogens (primary N) is 1. The van der Waals surface area contributed by atoms with Crippen molar-refractivity contribution in [3.8, 4) is 0 Å². The third kappa shape index (κ3) is 6.24. The van der Waals surface area contributed by atoms with E-state index in [0.717, 1.165) is 38.5 Å². The molecule has 0 spiro atoms. The topological polar surface area (TPSA) is 75.3 Å². The standard InChI is InChI=1S/C12H24N2O2.ClH/c1-2-4-11(15)8-14-12(16)9-5-3-6-10(13)7-9;/h9-11,15H,2-8,13H2,1H3,(H,14,16);1H. The van der Waals surface area contributed by atoms with Gasteiger partial charge in [0.2, 0.25) is 5.91 Å². The van der Waals surface area contributed by atoms with Gasteiger partial charge in [0.05, 0.1) is 6.10 Å². The van der Waals surface area contributed by atoms with Gasteiger partial charge in [0.1, 0.15) is 0 Å². The molecule has 0 aromatic rings. The number of carbonyl (C=O) groups excluding carboxylic acids is 1. The Balaban J connectivity index is 0.00000256. The van der Waals surface area contributed by atoms with Crippen LogP contribution in [-0.2, 0) is 4.79 Å². The van der Waals surface area contributed by atoms with Gasteiger partial charge < -0.3 is 16.2 Å². The summed E-state index contributed by atoms with van der Waals surface area (Å²) in [6, 6.07) is 0.171. The van der Waals surface area contributed by atoms with E-state index in [1.165, 1.54) is 0 Å². The molecule has 4 nitrogen and oxygen atoms in total. The highest BCUT2D eigenvalue weighted by Gasteiger charge is 2.25. The maximum Gasteiger partial charge on any atom is 0.223 e. The summed E-state index contributed by atoms with van der Waals surface area (Å²) >= 11 is 0. The summed E-state index contributed by atoms with van der Waals surface area (Å²) in [7, 11) is 0. The van der Waals surface area contributed by atoms with Crippen molar-refractivity contribution in [2.45, 2.75) is 57.6 Å². The number of nitrogens with one attached hydrogen (secondary N) is 1. The normalized spacial score (nSPS) is 25.8. The number of halogens is 1. The van der Waals surface area contributed by atoms with Crippen molar-refractivity contribution in [2.75, 3.05) is 6.54 Å². The Hall–Kier alpha value is -0.320. The molecule has 5 heteroatoms. The van der Waals surface area contributed by atoms with Crippen LogP contribution in [-0.4, -0.2) is 29.7 Å². The van der Waals surface area contributed by atoms with Gasteiger partial charge in [0.15, 0.2) is 0 Å². The van der Waals surface area contributed by atoms with Gasteiger partial charge >= 0.3 is 0 Å². The SMILES string of the molecule is CCCC(O)CNC(=O)C1CCCC(N)C1.Cl. The van der Waals surface area contributed by atoms with Crippen LogP contribution < -0.4 is 11.1 Å². The van der Waals surface area contributed by atoms with Crippen molar-refractivity contribution in [3.05, 3.63) is 0 Å². The summed E-state index contributed by atoms with van der Waals surface area (Å²) in [6.45, 7) is 2.39. The Kier molecular flexibility index (Phi) is 8.56. The zero-order chi connectivity index (χ0) is 12.0. The molecule has 0 heterocycles. The van der Waals surface area contributed by atoms with Crippen LogP contribution in [0.4, 0.5) is 0 Å². The van der Waals surface area contributed by atoms with Crippen molar-refractivity contribution in [2.24, 2.45) is 11.7 Å². The average Bonchev–Trinajstić information content (AvgIpc) is 2.26. The summed E-state index contributed by atoms with van der Waals surface area (Å²) < 4.78 is 0. The Bertz CT molecular complexity index is 227. The molecule has 3 unspecified atom stereocenters. The van der Waals surface area contributed by atoms with Gasteiger partial charge in [-0.05, 0) is 25.7 Å². The van der Waals surface area contributed by atoms with E-state index in [1.54, 1.807) is 0 Å². The summed E-state index contributed by atoms with van der Waals surface area (Å²) in [5.74, 6) is 0.114. The zero-order valence-electron chi connectivity index (χ0n) is 10.5. The second kappa shape index (κ2) is 8.72. The molecule has 1 amide bonds. The lowest BCUT2D eigenvalue weighted by Crippen LogP contribution is -2.40. The van der Waals surface area contributed by atoms with Crippen LogP contribution in [0, 0.1) is 5.92 Å². The monoisotopic (exact) mass is 264 g/mol. The largest absolute Gasteiger partial charge is 0.391 e. The summed E-state index contributed by atoms with van der Waals surface area (Å²) in [4.78, 5) is 11.8. The lowest BCUT2D eigenvalue weighted by molar-refractivity contribution is -0.126. The van der Waals surface area contributed by atoms with Crippen LogP contribution in [0.1, 0.15) is 45.4 Å². The van der Waals surface area contributed by atoms with Gasteiger partial charge in [0, 0.05) is 18.5 Å². The van der Waals surface area contributed by atoms with Crippen LogP contribution in [0.25, 0.3) is 0 Å². The summed E-state index contributed by atoms with van der Waals surface area (Å²) in [5, 5.41) is 12.3. The molecule has 0 aromatic carbocycles. The van der Waals surface area contributed by atoms with Crippen LogP contribution in [0.5, 0.6) is 0 Å². The number of amides is 1. The van der Waals surface area contributed by atoms with E-state index in [0.29, 0.717) is 6.54 Å². The van der Waals surface area contributed by atoms with Crippen molar-refractivity contribution < 1.29 is 9.90 Å². The Morgan fingerprint density at radius 3 is 2.82 bits per heavy atom. The van der Waals surface area contributed by atoms with E-state index >= 15 is 0 Å². The van der Waals surface area contributed by atoms with Crippen LogP contribution >= 0.6 is 12.4 Å². The minimum Gasteiger partial charge on any atom is -0.391 e. The molecule has 1 saturated carbocycles. The van der Waals surface area contributed by atoms with E-state index < -0.39 is 6.10 Å². The predicted octanol–water partition coefficient (Wildman–Crippen LogP) is 1.20. The van der Waals surface area contributed by atoms with Gasteiger partial charge in [-0.15, -0.1) is 12.4 Å². The lowest BCUT2D eigenvalue weighted by atomic mass is 9.85. The molecule has 1 rings (SSSR count). The number of hydrogen-bond acceptors (Lipinski definition) is 3.